The van der Waals surface area contributed by atoms with Crippen molar-refractivity contribution in [2.75, 3.05) is 37.9 Å². The van der Waals surface area contributed by atoms with Crippen molar-refractivity contribution in [2.24, 2.45) is 5.10 Å². The van der Waals surface area contributed by atoms with Gasteiger partial charge in [0.15, 0.2) is 0 Å². The fourth-order valence-electron chi connectivity index (χ4n) is 2.48. The molecule has 0 saturated carbocycles. The molecule has 0 spiro atoms. The summed E-state index contributed by atoms with van der Waals surface area (Å²) in [6, 6.07) is 16.1. The van der Waals surface area contributed by atoms with Gasteiger partial charge >= 0.3 is 0 Å². The number of hydrogen-bond donors (Lipinski definition) is 2. The molecule has 0 amide bonds. The van der Waals surface area contributed by atoms with Crippen LogP contribution in [0.2, 0.25) is 0 Å². The largest absolute Gasteiger partial charge is 0.368 e. The first-order valence-corrected chi connectivity index (χ1v) is 8.63. The SMILES string of the molecule is Cc1ccc(/C=N/Nc2nc(NCCN(C)C)c3ccccc3n2)cc1. The van der Waals surface area contributed by atoms with Crippen LogP contribution in [0.3, 0.4) is 0 Å². The Balaban J connectivity index is 1.78. The van der Waals surface area contributed by atoms with E-state index in [1.807, 2.05) is 50.5 Å². The summed E-state index contributed by atoms with van der Waals surface area (Å²) in [6.45, 7) is 3.79. The maximum absolute atomic E-state index is 4.58. The molecule has 2 N–H and O–H groups in total. The summed E-state index contributed by atoms with van der Waals surface area (Å²) in [5, 5.41) is 8.65. The highest BCUT2D eigenvalue weighted by molar-refractivity contribution is 5.90. The Morgan fingerprint density at radius 1 is 1.04 bits per heavy atom. The van der Waals surface area contributed by atoms with Crippen LogP contribution in [0.15, 0.2) is 53.6 Å². The van der Waals surface area contributed by atoms with E-state index in [1.54, 1.807) is 6.21 Å². The number of nitrogens with one attached hydrogen (secondary N) is 2. The molecule has 0 aliphatic carbocycles. The van der Waals surface area contributed by atoms with Crippen LogP contribution >= 0.6 is 0 Å². The van der Waals surface area contributed by atoms with Gasteiger partial charge in [0.1, 0.15) is 5.82 Å². The lowest BCUT2D eigenvalue weighted by molar-refractivity contribution is 0.425. The Kier molecular flexibility index (Phi) is 5.76. The summed E-state index contributed by atoms with van der Waals surface area (Å²) in [6.07, 6.45) is 1.76. The van der Waals surface area contributed by atoms with Crippen molar-refractivity contribution < 1.29 is 0 Å². The van der Waals surface area contributed by atoms with Gasteiger partial charge in [-0.05, 0) is 38.7 Å². The summed E-state index contributed by atoms with van der Waals surface area (Å²) in [4.78, 5) is 11.2. The van der Waals surface area contributed by atoms with Crippen LogP contribution < -0.4 is 10.7 Å². The van der Waals surface area contributed by atoms with Crippen molar-refractivity contribution in [3.05, 3.63) is 59.7 Å². The van der Waals surface area contributed by atoms with Gasteiger partial charge < -0.3 is 10.2 Å². The molecule has 0 fully saturated rings. The zero-order chi connectivity index (χ0) is 18.4. The first-order chi connectivity index (χ1) is 12.6. The van der Waals surface area contributed by atoms with Crippen molar-refractivity contribution in [2.45, 2.75) is 6.92 Å². The number of para-hydroxylation sites is 1. The van der Waals surface area contributed by atoms with Gasteiger partial charge in [-0.15, -0.1) is 0 Å². The molecule has 6 nitrogen and oxygen atoms in total. The third-order valence-electron chi connectivity index (χ3n) is 3.91. The summed E-state index contributed by atoms with van der Waals surface area (Å²) >= 11 is 0. The highest BCUT2D eigenvalue weighted by atomic mass is 15.4. The molecule has 2 aromatic carbocycles. The Bertz CT molecular complexity index is 886. The van der Waals surface area contributed by atoms with E-state index in [0.717, 1.165) is 35.4 Å². The molecule has 0 bridgehead atoms. The molecule has 3 aromatic rings. The minimum Gasteiger partial charge on any atom is -0.368 e. The van der Waals surface area contributed by atoms with E-state index in [0.29, 0.717) is 5.95 Å². The summed E-state index contributed by atoms with van der Waals surface area (Å²) in [5.41, 5.74) is 6.06. The molecule has 3 rings (SSSR count). The maximum atomic E-state index is 4.58. The van der Waals surface area contributed by atoms with Gasteiger partial charge in [-0.1, -0.05) is 42.0 Å². The lowest BCUT2D eigenvalue weighted by Crippen LogP contribution is -2.21. The Morgan fingerprint density at radius 3 is 2.58 bits per heavy atom. The van der Waals surface area contributed by atoms with Crippen molar-refractivity contribution in [1.82, 2.24) is 14.9 Å². The van der Waals surface area contributed by atoms with Gasteiger partial charge in [-0.25, -0.2) is 10.4 Å². The zero-order valence-corrected chi connectivity index (χ0v) is 15.4. The van der Waals surface area contributed by atoms with Crippen LogP contribution in [0.4, 0.5) is 11.8 Å². The van der Waals surface area contributed by atoms with Gasteiger partial charge in [0.25, 0.3) is 0 Å². The van der Waals surface area contributed by atoms with E-state index in [2.05, 4.69) is 49.8 Å². The van der Waals surface area contributed by atoms with Crippen LogP contribution in [0.1, 0.15) is 11.1 Å². The normalized spacial score (nSPS) is 11.4. The van der Waals surface area contributed by atoms with Crippen LogP contribution in [0.25, 0.3) is 10.9 Å². The molecular weight excluding hydrogens is 324 g/mol. The second kappa shape index (κ2) is 8.40. The lowest BCUT2D eigenvalue weighted by Gasteiger charge is -2.13. The van der Waals surface area contributed by atoms with Crippen LogP contribution in [0.5, 0.6) is 0 Å². The van der Waals surface area contributed by atoms with E-state index in [-0.39, 0.29) is 0 Å². The molecule has 1 heterocycles. The molecule has 0 aliphatic heterocycles. The summed E-state index contributed by atoms with van der Waals surface area (Å²) in [7, 11) is 4.10. The quantitative estimate of drug-likeness (QED) is 0.506. The Labute approximate surface area is 154 Å². The zero-order valence-electron chi connectivity index (χ0n) is 15.4. The predicted octanol–water partition coefficient (Wildman–Crippen LogP) is 3.36. The molecule has 0 saturated heterocycles. The van der Waals surface area contributed by atoms with Gasteiger partial charge in [0.05, 0.1) is 11.7 Å². The number of nitrogens with zero attached hydrogens (tertiary/aromatic N) is 4. The molecule has 134 valence electrons. The van der Waals surface area contributed by atoms with E-state index in [9.17, 15) is 0 Å². The average molecular weight is 348 g/mol. The molecule has 1 aromatic heterocycles. The molecule has 6 heteroatoms. The third kappa shape index (κ3) is 4.77. The first kappa shape index (κ1) is 17.8. The second-order valence-corrected chi connectivity index (χ2v) is 6.42. The fraction of sp³-hybridized carbons (Fsp3) is 0.250. The summed E-state index contributed by atoms with van der Waals surface area (Å²) in [5.74, 6) is 1.28. The number of aromatic nitrogens is 2. The molecule has 0 atom stereocenters. The van der Waals surface area contributed by atoms with Gasteiger partial charge in [-0.3, -0.25) is 0 Å². The van der Waals surface area contributed by atoms with Gasteiger partial charge in [0.2, 0.25) is 5.95 Å². The van der Waals surface area contributed by atoms with Crippen LogP contribution in [0, 0.1) is 6.92 Å². The number of hydrazone groups is 1. The van der Waals surface area contributed by atoms with E-state index in [4.69, 9.17) is 0 Å². The van der Waals surface area contributed by atoms with Crippen molar-refractivity contribution >= 4 is 28.9 Å². The van der Waals surface area contributed by atoms with Crippen LogP contribution in [-0.4, -0.2) is 48.3 Å². The van der Waals surface area contributed by atoms with Gasteiger partial charge in [0, 0.05) is 18.5 Å². The average Bonchev–Trinajstić information content (AvgIpc) is 2.63. The Hall–Kier alpha value is -2.99. The Morgan fingerprint density at radius 2 is 1.81 bits per heavy atom. The molecular formula is C20H24N6. The third-order valence-corrected chi connectivity index (χ3v) is 3.91. The first-order valence-electron chi connectivity index (χ1n) is 8.63. The van der Waals surface area contributed by atoms with Crippen molar-refractivity contribution in [1.29, 1.82) is 0 Å². The fourth-order valence-corrected chi connectivity index (χ4v) is 2.48. The number of benzene rings is 2. The van der Waals surface area contributed by atoms with E-state index >= 15 is 0 Å². The number of hydrogen-bond acceptors (Lipinski definition) is 6. The number of rotatable bonds is 7. The standard InChI is InChI=1S/C20H24N6/c1-15-8-10-16(11-9-15)14-22-25-20-23-18-7-5-4-6-17(18)19(24-20)21-12-13-26(2)3/h4-11,14H,12-13H2,1-3H3,(H2,21,23,24,25)/b22-14+. The number of fused-ring (bicyclic) bond motifs is 1. The maximum Gasteiger partial charge on any atom is 0.246 e. The molecule has 0 unspecified atom stereocenters. The summed E-state index contributed by atoms with van der Waals surface area (Å²) < 4.78 is 0. The highest BCUT2D eigenvalue weighted by Gasteiger charge is 2.06. The van der Waals surface area contributed by atoms with Gasteiger partial charge in [-0.2, -0.15) is 10.1 Å². The number of likely N-dealkylation sites (N-methyl/N-ethyl adjacent to an activating group) is 1. The predicted molar refractivity (Wildman–Crippen MR) is 109 cm³/mol. The van der Waals surface area contributed by atoms with Crippen LogP contribution in [-0.2, 0) is 0 Å². The lowest BCUT2D eigenvalue weighted by atomic mass is 10.2. The number of anilines is 2. The minimum atomic E-state index is 0.472. The highest BCUT2D eigenvalue weighted by Crippen LogP contribution is 2.21. The minimum absolute atomic E-state index is 0.472. The van der Waals surface area contributed by atoms with Crippen molar-refractivity contribution in [3.8, 4) is 0 Å². The molecule has 26 heavy (non-hydrogen) atoms. The second-order valence-electron chi connectivity index (χ2n) is 6.42. The molecule has 0 aliphatic rings. The molecule has 0 radical (unpaired) electrons. The van der Waals surface area contributed by atoms with E-state index in [1.165, 1.54) is 5.56 Å². The topological polar surface area (TPSA) is 65.4 Å². The smallest absolute Gasteiger partial charge is 0.246 e. The van der Waals surface area contributed by atoms with Crippen molar-refractivity contribution in [3.63, 3.8) is 0 Å². The van der Waals surface area contributed by atoms with E-state index < -0.39 is 0 Å². The monoisotopic (exact) mass is 348 g/mol. The number of aryl methyl sites for hydroxylation is 1.